The quantitative estimate of drug-likeness (QED) is 0.840. The fraction of sp³-hybridized carbons (Fsp3) is 0.308. The van der Waals surface area contributed by atoms with E-state index in [2.05, 4.69) is 10.3 Å². The van der Waals surface area contributed by atoms with Gasteiger partial charge in [0.2, 0.25) is 0 Å². The van der Waals surface area contributed by atoms with Crippen molar-refractivity contribution in [2.45, 2.75) is 6.54 Å². The molecule has 1 fully saturated rings. The number of amides is 2. The van der Waals surface area contributed by atoms with Crippen LogP contribution in [0.5, 0.6) is 0 Å². The van der Waals surface area contributed by atoms with Gasteiger partial charge in [0.05, 0.1) is 6.54 Å². The predicted molar refractivity (Wildman–Crippen MR) is 75.0 cm³/mol. The molecule has 0 aliphatic carbocycles. The molecule has 20 heavy (non-hydrogen) atoms. The summed E-state index contributed by atoms with van der Waals surface area (Å²) in [5.41, 5.74) is 8.01. The number of carbonyl (C=O) groups excluding carboxylic acids is 1. The summed E-state index contributed by atoms with van der Waals surface area (Å²) in [7, 11) is 1.81. The van der Waals surface area contributed by atoms with E-state index in [0.717, 1.165) is 11.4 Å². The number of hydrogen-bond donors (Lipinski definition) is 1. The Labute approximate surface area is 116 Å². The fourth-order valence-electron chi connectivity index (χ4n) is 2.29. The molecule has 0 radical (unpaired) electrons. The zero-order valence-electron chi connectivity index (χ0n) is 11.2. The number of anilines is 2. The molecule has 2 N–H and O–H groups in total. The average molecular weight is 272 g/mol. The average Bonchev–Trinajstić information content (AvgIpc) is 2.99. The molecule has 1 aromatic heterocycles. The molecule has 3 rings (SSSR count). The second-order valence-electron chi connectivity index (χ2n) is 4.83. The molecule has 0 bridgehead atoms. The van der Waals surface area contributed by atoms with E-state index in [4.69, 9.17) is 5.73 Å². The van der Waals surface area contributed by atoms with Crippen LogP contribution in [0.2, 0.25) is 0 Å². The maximum atomic E-state index is 12.4. The highest BCUT2D eigenvalue weighted by atomic mass is 16.2. The molecule has 2 aromatic rings. The third kappa shape index (κ3) is 2.29. The van der Waals surface area contributed by atoms with Crippen LogP contribution in [0.15, 0.2) is 30.5 Å². The van der Waals surface area contributed by atoms with Crippen molar-refractivity contribution in [3.63, 3.8) is 0 Å². The lowest BCUT2D eigenvalue weighted by atomic mass is 10.2. The highest BCUT2D eigenvalue weighted by Gasteiger charge is 2.29. The molecule has 0 unspecified atom stereocenters. The monoisotopic (exact) mass is 272 g/mol. The summed E-state index contributed by atoms with van der Waals surface area (Å²) < 4.78 is 1.63. The van der Waals surface area contributed by atoms with Crippen molar-refractivity contribution in [3.05, 3.63) is 36.2 Å². The molecular formula is C13H16N6O. The number of hydrogen-bond acceptors (Lipinski definition) is 4. The summed E-state index contributed by atoms with van der Waals surface area (Å²) in [4.78, 5) is 15.9. The lowest BCUT2D eigenvalue weighted by molar-refractivity contribution is 0.218. The summed E-state index contributed by atoms with van der Waals surface area (Å²) in [6.45, 7) is 1.83. The van der Waals surface area contributed by atoms with Gasteiger partial charge >= 0.3 is 6.03 Å². The third-order valence-corrected chi connectivity index (χ3v) is 3.30. The SMILES string of the molecule is Cn1cc(CN2CCN(c3ccc(N)cc3)C2=O)nn1. The number of nitrogen functional groups attached to an aromatic ring is 1. The van der Waals surface area contributed by atoms with E-state index in [-0.39, 0.29) is 6.03 Å². The van der Waals surface area contributed by atoms with Gasteiger partial charge < -0.3 is 10.6 Å². The first-order valence-corrected chi connectivity index (χ1v) is 6.40. The minimum atomic E-state index is -0.0135. The number of aryl methyl sites for hydroxylation is 1. The molecule has 1 aliphatic rings. The van der Waals surface area contributed by atoms with Crippen molar-refractivity contribution in [1.82, 2.24) is 19.9 Å². The van der Waals surface area contributed by atoms with Crippen LogP contribution in [-0.2, 0) is 13.6 Å². The molecule has 1 saturated heterocycles. The van der Waals surface area contributed by atoms with Gasteiger partial charge in [0.1, 0.15) is 5.69 Å². The van der Waals surface area contributed by atoms with Crippen molar-refractivity contribution in [3.8, 4) is 0 Å². The van der Waals surface area contributed by atoms with E-state index < -0.39 is 0 Å². The number of benzene rings is 1. The smallest absolute Gasteiger partial charge is 0.324 e. The van der Waals surface area contributed by atoms with Crippen LogP contribution in [0.3, 0.4) is 0 Å². The van der Waals surface area contributed by atoms with Crippen molar-refractivity contribution in [2.24, 2.45) is 7.05 Å². The Morgan fingerprint density at radius 2 is 2.00 bits per heavy atom. The Kier molecular flexibility index (Phi) is 3.02. The molecule has 2 amide bonds. The second-order valence-corrected chi connectivity index (χ2v) is 4.83. The zero-order valence-corrected chi connectivity index (χ0v) is 11.2. The first kappa shape index (κ1) is 12.5. The lowest BCUT2D eigenvalue weighted by Gasteiger charge is -2.18. The van der Waals surface area contributed by atoms with Crippen molar-refractivity contribution >= 4 is 17.4 Å². The van der Waals surface area contributed by atoms with Crippen molar-refractivity contribution < 1.29 is 4.79 Å². The van der Waals surface area contributed by atoms with Gasteiger partial charge in [0.25, 0.3) is 0 Å². The van der Waals surface area contributed by atoms with E-state index in [1.54, 1.807) is 26.6 Å². The highest BCUT2D eigenvalue weighted by Crippen LogP contribution is 2.22. The molecule has 104 valence electrons. The summed E-state index contributed by atoms with van der Waals surface area (Å²) in [5.74, 6) is 0. The Morgan fingerprint density at radius 1 is 1.25 bits per heavy atom. The van der Waals surface area contributed by atoms with Crippen LogP contribution in [0, 0.1) is 0 Å². The minimum absolute atomic E-state index is 0.0135. The molecule has 0 atom stereocenters. The number of nitrogens with two attached hydrogens (primary N) is 1. The molecule has 2 heterocycles. The number of nitrogens with zero attached hydrogens (tertiary/aromatic N) is 5. The van der Waals surface area contributed by atoms with Crippen molar-refractivity contribution in [1.29, 1.82) is 0 Å². The molecule has 0 saturated carbocycles. The van der Waals surface area contributed by atoms with E-state index in [9.17, 15) is 4.79 Å². The molecular weight excluding hydrogens is 256 g/mol. The lowest BCUT2D eigenvalue weighted by Crippen LogP contribution is -2.31. The van der Waals surface area contributed by atoms with Gasteiger partial charge in [-0.25, -0.2) is 4.79 Å². The summed E-state index contributed by atoms with van der Waals surface area (Å²) in [6, 6.07) is 7.31. The van der Waals surface area contributed by atoms with Crippen LogP contribution in [0.4, 0.5) is 16.2 Å². The topological polar surface area (TPSA) is 80.3 Å². The highest BCUT2D eigenvalue weighted by molar-refractivity contribution is 5.94. The Bertz CT molecular complexity index is 620. The molecule has 0 spiro atoms. The van der Waals surface area contributed by atoms with Gasteiger partial charge in [-0.3, -0.25) is 9.58 Å². The minimum Gasteiger partial charge on any atom is -0.399 e. The largest absolute Gasteiger partial charge is 0.399 e. The van der Waals surface area contributed by atoms with Crippen LogP contribution >= 0.6 is 0 Å². The van der Waals surface area contributed by atoms with Gasteiger partial charge in [-0.1, -0.05) is 5.21 Å². The van der Waals surface area contributed by atoms with E-state index in [1.165, 1.54) is 0 Å². The van der Waals surface area contributed by atoms with Crippen LogP contribution in [0.25, 0.3) is 0 Å². The fourth-order valence-corrected chi connectivity index (χ4v) is 2.29. The molecule has 1 aromatic carbocycles. The Balaban J connectivity index is 1.72. The van der Waals surface area contributed by atoms with Crippen LogP contribution < -0.4 is 10.6 Å². The first-order chi connectivity index (χ1) is 9.63. The standard InChI is InChI=1S/C13H16N6O/c1-17-8-11(15-16-17)9-18-6-7-19(13(18)20)12-4-2-10(14)3-5-12/h2-5,8H,6-7,9,14H2,1H3. The number of aromatic nitrogens is 3. The summed E-state index contributed by atoms with van der Waals surface area (Å²) in [5, 5.41) is 7.88. The van der Waals surface area contributed by atoms with E-state index in [1.807, 2.05) is 25.4 Å². The number of rotatable bonds is 3. The second kappa shape index (κ2) is 4.84. The first-order valence-electron chi connectivity index (χ1n) is 6.40. The van der Waals surface area contributed by atoms with Gasteiger partial charge in [-0.05, 0) is 24.3 Å². The summed E-state index contributed by atoms with van der Waals surface area (Å²) >= 11 is 0. The van der Waals surface area contributed by atoms with Crippen LogP contribution in [-0.4, -0.2) is 39.0 Å². The van der Waals surface area contributed by atoms with Crippen LogP contribution in [0.1, 0.15) is 5.69 Å². The van der Waals surface area contributed by atoms with Gasteiger partial charge in [0.15, 0.2) is 0 Å². The van der Waals surface area contributed by atoms with E-state index in [0.29, 0.717) is 25.3 Å². The Morgan fingerprint density at radius 3 is 2.65 bits per heavy atom. The zero-order chi connectivity index (χ0) is 14.1. The predicted octanol–water partition coefficient (Wildman–Crippen LogP) is 0.840. The van der Waals surface area contributed by atoms with Gasteiger partial charge in [0, 0.05) is 37.7 Å². The van der Waals surface area contributed by atoms with Crippen molar-refractivity contribution in [2.75, 3.05) is 23.7 Å². The number of urea groups is 1. The normalized spacial score (nSPS) is 15.2. The molecule has 1 aliphatic heterocycles. The Hall–Kier alpha value is -2.57. The number of carbonyl (C=O) groups is 1. The van der Waals surface area contributed by atoms with Gasteiger partial charge in [-0.2, -0.15) is 0 Å². The van der Waals surface area contributed by atoms with Gasteiger partial charge in [-0.15, -0.1) is 5.10 Å². The third-order valence-electron chi connectivity index (χ3n) is 3.30. The maximum Gasteiger partial charge on any atom is 0.324 e. The maximum absolute atomic E-state index is 12.4. The van der Waals surface area contributed by atoms with E-state index >= 15 is 0 Å². The summed E-state index contributed by atoms with van der Waals surface area (Å²) in [6.07, 6.45) is 1.82. The molecule has 7 heteroatoms. The molecule has 7 nitrogen and oxygen atoms in total.